The van der Waals surface area contributed by atoms with Crippen LogP contribution in [0.5, 0.6) is 0 Å². The second-order valence-electron chi connectivity index (χ2n) is 3.90. The van der Waals surface area contributed by atoms with E-state index in [4.69, 9.17) is 5.73 Å². The number of benzene rings is 2. The first-order valence-electron chi connectivity index (χ1n) is 5.39. The number of hydrogen-bond donors (Lipinski definition) is 1. The molecule has 0 aliphatic heterocycles. The molecule has 0 aliphatic rings. The van der Waals surface area contributed by atoms with Crippen LogP contribution in [-0.2, 0) is 5.75 Å². The van der Waals surface area contributed by atoms with Crippen molar-refractivity contribution in [2.24, 2.45) is 0 Å². The molecule has 0 fully saturated rings. The summed E-state index contributed by atoms with van der Waals surface area (Å²) >= 11 is 1.68. The van der Waals surface area contributed by atoms with Gasteiger partial charge in [-0.15, -0.1) is 11.8 Å². The van der Waals surface area contributed by atoms with Crippen LogP contribution in [0.15, 0.2) is 47.4 Å². The first-order chi connectivity index (χ1) is 8.16. The molecule has 0 unspecified atom stereocenters. The van der Waals surface area contributed by atoms with Gasteiger partial charge in [0.1, 0.15) is 5.82 Å². The Morgan fingerprint density at radius 3 is 2.71 bits per heavy atom. The van der Waals surface area contributed by atoms with Gasteiger partial charge in [-0.2, -0.15) is 0 Å². The molecule has 0 aromatic heterocycles. The number of halogens is 1. The lowest BCUT2D eigenvalue weighted by Gasteiger charge is -2.07. The molecule has 2 aromatic rings. The molecule has 2 N–H and O–H groups in total. The number of hydrogen-bond acceptors (Lipinski definition) is 2. The highest BCUT2D eigenvalue weighted by Gasteiger charge is 2.03. The predicted octanol–water partition coefficient (Wildman–Crippen LogP) is 4.01. The van der Waals surface area contributed by atoms with Crippen molar-refractivity contribution >= 4 is 17.4 Å². The maximum atomic E-state index is 13.1. The maximum absolute atomic E-state index is 13.1. The van der Waals surface area contributed by atoms with Crippen LogP contribution in [0.25, 0.3) is 0 Å². The fourth-order valence-corrected chi connectivity index (χ4v) is 2.60. The van der Waals surface area contributed by atoms with Crippen molar-refractivity contribution in [2.75, 3.05) is 5.73 Å². The molecule has 0 radical (unpaired) electrons. The van der Waals surface area contributed by atoms with E-state index >= 15 is 0 Å². The van der Waals surface area contributed by atoms with Gasteiger partial charge in [0.15, 0.2) is 0 Å². The van der Waals surface area contributed by atoms with Crippen LogP contribution in [0.3, 0.4) is 0 Å². The number of thioether (sulfide) groups is 1. The van der Waals surface area contributed by atoms with E-state index in [-0.39, 0.29) is 5.82 Å². The first-order valence-corrected chi connectivity index (χ1v) is 6.37. The van der Waals surface area contributed by atoms with E-state index in [0.717, 1.165) is 5.56 Å². The van der Waals surface area contributed by atoms with Gasteiger partial charge in [0.2, 0.25) is 0 Å². The SMILES string of the molecule is Cc1ccccc1SCc1cc(F)ccc1N. The molecular formula is C14H14FNS. The summed E-state index contributed by atoms with van der Waals surface area (Å²) in [5.74, 6) is 0.452. The van der Waals surface area contributed by atoms with E-state index < -0.39 is 0 Å². The second kappa shape index (κ2) is 5.23. The van der Waals surface area contributed by atoms with Crippen LogP contribution in [0.2, 0.25) is 0 Å². The smallest absolute Gasteiger partial charge is 0.123 e. The molecule has 17 heavy (non-hydrogen) atoms. The second-order valence-corrected chi connectivity index (χ2v) is 4.91. The van der Waals surface area contributed by atoms with Crippen LogP contribution >= 0.6 is 11.8 Å². The minimum atomic E-state index is -0.236. The fourth-order valence-electron chi connectivity index (χ4n) is 1.57. The van der Waals surface area contributed by atoms with Crippen molar-refractivity contribution in [3.8, 4) is 0 Å². The average molecular weight is 247 g/mol. The van der Waals surface area contributed by atoms with E-state index in [2.05, 4.69) is 19.1 Å². The third-order valence-corrected chi connectivity index (χ3v) is 3.81. The summed E-state index contributed by atoms with van der Waals surface area (Å²) in [6, 6.07) is 12.6. The van der Waals surface area contributed by atoms with Crippen molar-refractivity contribution in [2.45, 2.75) is 17.6 Å². The highest BCUT2D eigenvalue weighted by molar-refractivity contribution is 7.98. The zero-order valence-corrected chi connectivity index (χ0v) is 10.4. The van der Waals surface area contributed by atoms with Gasteiger partial charge in [-0.3, -0.25) is 0 Å². The Labute approximate surface area is 105 Å². The highest BCUT2D eigenvalue weighted by atomic mass is 32.2. The Morgan fingerprint density at radius 1 is 1.18 bits per heavy atom. The molecule has 3 heteroatoms. The molecule has 0 bridgehead atoms. The van der Waals surface area contributed by atoms with Crippen LogP contribution in [0, 0.1) is 12.7 Å². The zero-order chi connectivity index (χ0) is 12.3. The first kappa shape index (κ1) is 12.0. The van der Waals surface area contributed by atoms with Gasteiger partial charge in [0, 0.05) is 16.3 Å². The van der Waals surface area contributed by atoms with E-state index in [0.29, 0.717) is 11.4 Å². The highest BCUT2D eigenvalue weighted by Crippen LogP contribution is 2.28. The summed E-state index contributed by atoms with van der Waals surface area (Å²) in [6.07, 6.45) is 0. The van der Waals surface area contributed by atoms with E-state index in [1.165, 1.54) is 22.6 Å². The Balaban J connectivity index is 2.12. The van der Waals surface area contributed by atoms with E-state index in [1.807, 2.05) is 12.1 Å². The Morgan fingerprint density at radius 2 is 1.94 bits per heavy atom. The summed E-state index contributed by atoms with van der Waals surface area (Å²) in [5.41, 5.74) is 8.53. The van der Waals surface area contributed by atoms with E-state index in [1.54, 1.807) is 17.8 Å². The molecule has 1 nitrogen and oxygen atoms in total. The topological polar surface area (TPSA) is 26.0 Å². The van der Waals surface area contributed by atoms with Crippen LogP contribution in [0.1, 0.15) is 11.1 Å². The number of nitrogen functional groups attached to an aromatic ring is 1. The van der Waals surface area contributed by atoms with Gasteiger partial charge in [0.05, 0.1) is 0 Å². The average Bonchev–Trinajstić information content (AvgIpc) is 2.32. The molecule has 0 atom stereocenters. The number of anilines is 1. The maximum Gasteiger partial charge on any atom is 0.123 e. The Hall–Kier alpha value is -1.48. The summed E-state index contributed by atoms with van der Waals surface area (Å²) in [6.45, 7) is 2.07. The lowest BCUT2D eigenvalue weighted by Crippen LogP contribution is -1.93. The molecule has 2 aromatic carbocycles. The van der Waals surface area contributed by atoms with Crippen molar-refractivity contribution in [1.29, 1.82) is 0 Å². The lowest BCUT2D eigenvalue weighted by atomic mass is 10.2. The normalized spacial score (nSPS) is 10.5. The quantitative estimate of drug-likeness (QED) is 0.655. The fraction of sp³-hybridized carbons (Fsp3) is 0.143. The molecular weight excluding hydrogens is 233 g/mol. The van der Waals surface area contributed by atoms with Gasteiger partial charge in [-0.1, -0.05) is 18.2 Å². The predicted molar refractivity (Wildman–Crippen MR) is 71.6 cm³/mol. The van der Waals surface area contributed by atoms with Crippen molar-refractivity contribution in [1.82, 2.24) is 0 Å². The van der Waals surface area contributed by atoms with Gasteiger partial charge in [0.25, 0.3) is 0 Å². The Bertz CT molecular complexity index is 525. The van der Waals surface area contributed by atoms with Gasteiger partial charge >= 0.3 is 0 Å². The number of nitrogens with two attached hydrogens (primary N) is 1. The standard InChI is InChI=1S/C14H14FNS/c1-10-4-2-3-5-14(10)17-9-11-8-12(15)6-7-13(11)16/h2-8H,9,16H2,1H3. The monoisotopic (exact) mass is 247 g/mol. The zero-order valence-electron chi connectivity index (χ0n) is 9.61. The van der Waals surface area contributed by atoms with Crippen LogP contribution in [0.4, 0.5) is 10.1 Å². The largest absolute Gasteiger partial charge is 0.398 e. The number of aryl methyl sites for hydroxylation is 1. The minimum absolute atomic E-state index is 0.236. The lowest BCUT2D eigenvalue weighted by molar-refractivity contribution is 0.627. The summed E-state index contributed by atoms with van der Waals surface area (Å²) in [5, 5.41) is 0. The van der Waals surface area contributed by atoms with Gasteiger partial charge < -0.3 is 5.73 Å². The summed E-state index contributed by atoms with van der Waals surface area (Å²) < 4.78 is 13.1. The summed E-state index contributed by atoms with van der Waals surface area (Å²) in [4.78, 5) is 1.20. The molecule has 0 amide bonds. The van der Waals surface area contributed by atoms with Crippen LogP contribution < -0.4 is 5.73 Å². The third kappa shape index (κ3) is 3.01. The molecule has 0 saturated carbocycles. The third-order valence-electron chi connectivity index (χ3n) is 2.58. The minimum Gasteiger partial charge on any atom is -0.398 e. The Kier molecular flexibility index (Phi) is 3.69. The van der Waals surface area contributed by atoms with Crippen molar-refractivity contribution in [3.63, 3.8) is 0 Å². The summed E-state index contributed by atoms with van der Waals surface area (Å²) in [7, 11) is 0. The molecule has 0 spiro atoms. The molecule has 0 aliphatic carbocycles. The van der Waals surface area contributed by atoms with Gasteiger partial charge in [-0.05, 0) is 42.3 Å². The van der Waals surface area contributed by atoms with Crippen LogP contribution in [-0.4, -0.2) is 0 Å². The van der Waals surface area contributed by atoms with Crippen molar-refractivity contribution in [3.05, 3.63) is 59.4 Å². The van der Waals surface area contributed by atoms with E-state index in [9.17, 15) is 4.39 Å². The number of rotatable bonds is 3. The molecule has 0 heterocycles. The molecule has 2 rings (SSSR count). The molecule has 88 valence electrons. The van der Waals surface area contributed by atoms with Gasteiger partial charge in [-0.25, -0.2) is 4.39 Å². The van der Waals surface area contributed by atoms with Crippen molar-refractivity contribution < 1.29 is 4.39 Å². The molecule has 0 saturated heterocycles.